The van der Waals surface area contributed by atoms with E-state index < -0.39 is 16.5 Å². The van der Waals surface area contributed by atoms with E-state index in [1.807, 2.05) is 13.0 Å². The number of nitro benzene ring substituents is 1. The molecular formula is C25H24ClNO5. The number of rotatable bonds is 3. The number of carbonyl (C=O) groups excluding carboxylic acids is 1. The number of hydrogen-bond acceptors (Lipinski definition) is 5. The molecule has 0 amide bonds. The standard InChI is InChI=1S/C25H24ClNO5/c1-14-11-20(16-5-7-18(8-6-16)27(30)31)21(26)12-19(14)22-23(28)25(32-24(22)29)10-9-15-3-2-4-17(15)13-25/h5-8,11-12,15,17,28H,2-4,9-10,13H2,1H3. The number of carbonyl (C=O) groups is 1. The Bertz CT molecular complexity index is 1160. The summed E-state index contributed by atoms with van der Waals surface area (Å²) in [5.41, 5.74) is 2.07. The number of nitrogens with zero attached hydrogens (tertiary/aromatic N) is 1. The topological polar surface area (TPSA) is 89.7 Å². The number of halogens is 1. The minimum absolute atomic E-state index is 0.00396. The molecule has 7 heteroatoms. The highest BCUT2D eigenvalue weighted by Gasteiger charge is 2.53. The molecular weight excluding hydrogens is 430 g/mol. The lowest BCUT2D eigenvalue weighted by molar-refractivity contribution is -0.384. The molecule has 1 N–H and O–H groups in total. The maximum absolute atomic E-state index is 12.9. The van der Waals surface area contributed by atoms with Crippen LogP contribution in [0.25, 0.3) is 16.7 Å². The normalized spacial score (nSPS) is 27.0. The van der Waals surface area contributed by atoms with Crippen LogP contribution in [0, 0.1) is 28.9 Å². The fourth-order valence-electron chi connectivity index (χ4n) is 5.79. The maximum atomic E-state index is 12.9. The molecule has 0 aromatic heterocycles. The number of fused-ring (bicyclic) bond motifs is 1. The monoisotopic (exact) mass is 453 g/mol. The fourth-order valence-corrected chi connectivity index (χ4v) is 6.06. The molecule has 2 aliphatic carbocycles. The molecule has 2 fully saturated rings. The van der Waals surface area contributed by atoms with Crippen LogP contribution < -0.4 is 0 Å². The third-order valence-corrected chi connectivity index (χ3v) is 7.77. The zero-order chi connectivity index (χ0) is 22.6. The molecule has 32 heavy (non-hydrogen) atoms. The number of aliphatic hydroxyl groups excluding tert-OH is 1. The van der Waals surface area contributed by atoms with Crippen molar-refractivity contribution in [3.05, 3.63) is 68.4 Å². The van der Waals surface area contributed by atoms with Gasteiger partial charge in [-0.25, -0.2) is 4.79 Å². The van der Waals surface area contributed by atoms with E-state index in [4.69, 9.17) is 16.3 Å². The van der Waals surface area contributed by atoms with E-state index in [0.29, 0.717) is 40.8 Å². The second-order valence-corrected chi connectivity index (χ2v) is 9.66. The van der Waals surface area contributed by atoms with E-state index in [1.54, 1.807) is 18.2 Å². The van der Waals surface area contributed by atoms with Crippen molar-refractivity contribution in [2.45, 2.75) is 51.0 Å². The van der Waals surface area contributed by atoms with Crippen molar-refractivity contribution in [1.29, 1.82) is 0 Å². The Balaban J connectivity index is 1.52. The number of aryl methyl sites for hydroxylation is 1. The molecule has 2 aromatic carbocycles. The summed E-state index contributed by atoms with van der Waals surface area (Å²) in [6.45, 7) is 1.85. The van der Waals surface area contributed by atoms with Crippen LogP contribution in [-0.2, 0) is 9.53 Å². The second kappa shape index (κ2) is 7.62. The fraction of sp³-hybridized carbons (Fsp3) is 0.400. The third kappa shape index (κ3) is 3.28. The quantitative estimate of drug-likeness (QED) is 0.330. The highest BCUT2D eigenvalue weighted by Crippen LogP contribution is 2.53. The Hall–Kier alpha value is -2.86. The minimum atomic E-state index is -0.909. The molecule has 3 unspecified atom stereocenters. The molecule has 1 aliphatic heterocycles. The molecule has 6 nitrogen and oxygen atoms in total. The van der Waals surface area contributed by atoms with Crippen LogP contribution in [0.15, 0.2) is 42.2 Å². The summed E-state index contributed by atoms with van der Waals surface area (Å²) in [6.07, 6.45) is 5.87. The summed E-state index contributed by atoms with van der Waals surface area (Å²) in [6, 6.07) is 9.68. The van der Waals surface area contributed by atoms with Gasteiger partial charge < -0.3 is 9.84 Å². The van der Waals surface area contributed by atoms with Gasteiger partial charge in [-0.15, -0.1) is 0 Å². The third-order valence-electron chi connectivity index (χ3n) is 7.46. The zero-order valence-electron chi connectivity index (χ0n) is 17.8. The molecule has 0 radical (unpaired) electrons. The predicted molar refractivity (Wildman–Crippen MR) is 121 cm³/mol. The van der Waals surface area contributed by atoms with Crippen molar-refractivity contribution < 1.29 is 19.6 Å². The first-order valence-corrected chi connectivity index (χ1v) is 11.4. The summed E-state index contributed by atoms with van der Waals surface area (Å²) >= 11 is 6.57. The Morgan fingerprint density at radius 2 is 1.84 bits per heavy atom. The van der Waals surface area contributed by atoms with Gasteiger partial charge in [0.05, 0.1) is 4.92 Å². The molecule has 1 heterocycles. The highest BCUT2D eigenvalue weighted by atomic mass is 35.5. The lowest BCUT2D eigenvalue weighted by atomic mass is 9.72. The molecule has 0 saturated heterocycles. The summed E-state index contributed by atoms with van der Waals surface area (Å²) in [4.78, 5) is 23.4. The molecule has 166 valence electrons. The summed E-state index contributed by atoms with van der Waals surface area (Å²) in [5.74, 6) is 0.705. The van der Waals surface area contributed by atoms with Gasteiger partial charge >= 0.3 is 5.97 Å². The van der Waals surface area contributed by atoms with Gasteiger partial charge in [0.15, 0.2) is 11.4 Å². The van der Waals surface area contributed by atoms with Crippen LogP contribution in [0.4, 0.5) is 5.69 Å². The van der Waals surface area contributed by atoms with E-state index in [9.17, 15) is 20.0 Å². The molecule has 2 aromatic rings. The number of nitro groups is 1. The van der Waals surface area contributed by atoms with Gasteiger partial charge in [0, 0.05) is 22.7 Å². The van der Waals surface area contributed by atoms with Crippen LogP contribution >= 0.6 is 11.6 Å². The molecule has 3 atom stereocenters. The van der Waals surface area contributed by atoms with Crippen LogP contribution in [0.1, 0.15) is 49.7 Å². The van der Waals surface area contributed by atoms with E-state index in [-0.39, 0.29) is 17.0 Å². The molecule has 1 spiro atoms. The number of ether oxygens (including phenoxy) is 1. The highest BCUT2D eigenvalue weighted by molar-refractivity contribution is 6.34. The Kier molecular flexibility index (Phi) is 5.01. The summed E-state index contributed by atoms with van der Waals surface area (Å²) in [7, 11) is 0. The zero-order valence-corrected chi connectivity index (χ0v) is 18.5. The van der Waals surface area contributed by atoms with Gasteiger partial charge in [0.1, 0.15) is 5.57 Å². The van der Waals surface area contributed by atoms with Gasteiger partial charge in [0.25, 0.3) is 5.69 Å². The van der Waals surface area contributed by atoms with Crippen molar-refractivity contribution in [2.24, 2.45) is 11.8 Å². The summed E-state index contributed by atoms with van der Waals surface area (Å²) < 4.78 is 5.85. The lowest BCUT2D eigenvalue weighted by Crippen LogP contribution is -2.40. The van der Waals surface area contributed by atoms with E-state index >= 15 is 0 Å². The van der Waals surface area contributed by atoms with Crippen molar-refractivity contribution >= 4 is 28.8 Å². The van der Waals surface area contributed by atoms with Crippen LogP contribution in [0.5, 0.6) is 0 Å². The average molecular weight is 454 g/mol. The van der Waals surface area contributed by atoms with E-state index in [0.717, 1.165) is 24.0 Å². The Labute approximate surface area is 191 Å². The molecule has 0 bridgehead atoms. The maximum Gasteiger partial charge on any atom is 0.343 e. The second-order valence-electron chi connectivity index (χ2n) is 9.25. The smallest absolute Gasteiger partial charge is 0.343 e. The molecule has 3 aliphatic rings. The predicted octanol–water partition coefficient (Wildman–Crippen LogP) is 6.39. The van der Waals surface area contributed by atoms with Gasteiger partial charge in [0.2, 0.25) is 0 Å². The van der Waals surface area contributed by atoms with E-state index in [2.05, 4.69) is 0 Å². The molecule has 2 saturated carbocycles. The molecule has 5 rings (SSSR count). The van der Waals surface area contributed by atoms with Gasteiger partial charge in [-0.05, 0) is 79.0 Å². The Morgan fingerprint density at radius 3 is 2.56 bits per heavy atom. The minimum Gasteiger partial charge on any atom is -0.507 e. The first-order valence-electron chi connectivity index (χ1n) is 11.0. The summed E-state index contributed by atoms with van der Waals surface area (Å²) in [5, 5.41) is 22.5. The number of benzene rings is 2. The van der Waals surface area contributed by atoms with Gasteiger partial charge in [-0.3, -0.25) is 10.1 Å². The first kappa shape index (κ1) is 21.0. The van der Waals surface area contributed by atoms with Crippen LogP contribution in [0.2, 0.25) is 5.02 Å². The number of hydrogen-bond donors (Lipinski definition) is 1. The van der Waals surface area contributed by atoms with Crippen molar-refractivity contribution in [2.75, 3.05) is 0 Å². The largest absolute Gasteiger partial charge is 0.507 e. The van der Waals surface area contributed by atoms with Crippen molar-refractivity contribution in [3.8, 4) is 11.1 Å². The van der Waals surface area contributed by atoms with Crippen molar-refractivity contribution in [1.82, 2.24) is 0 Å². The first-order chi connectivity index (χ1) is 15.3. The van der Waals surface area contributed by atoms with Crippen LogP contribution in [-0.4, -0.2) is 21.6 Å². The SMILES string of the molecule is Cc1cc(-c2ccc([N+](=O)[O-])cc2)c(Cl)cc1C1=C(O)C2(CCC3CCCC3C2)OC1=O. The van der Waals surface area contributed by atoms with E-state index in [1.165, 1.54) is 25.0 Å². The average Bonchev–Trinajstić information content (AvgIpc) is 3.32. The number of aliphatic hydroxyl groups is 1. The van der Waals surface area contributed by atoms with Crippen LogP contribution in [0.3, 0.4) is 0 Å². The number of esters is 1. The van der Waals surface area contributed by atoms with Gasteiger partial charge in [-0.1, -0.05) is 30.9 Å². The Morgan fingerprint density at radius 1 is 1.12 bits per heavy atom. The van der Waals surface area contributed by atoms with Gasteiger partial charge in [-0.2, -0.15) is 0 Å². The lowest BCUT2D eigenvalue weighted by Gasteiger charge is -2.38. The van der Waals surface area contributed by atoms with Crippen molar-refractivity contribution in [3.63, 3.8) is 0 Å². The number of non-ortho nitro benzene ring substituents is 1.